The quantitative estimate of drug-likeness (QED) is 0.521. The van der Waals surface area contributed by atoms with Gasteiger partial charge >= 0.3 is 6.18 Å². The van der Waals surface area contributed by atoms with Crippen LogP contribution in [0.3, 0.4) is 0 Å². The average Bonchev–Trinajstić information content (AvgIpc) is 2.82. The van der Waals surface area contributed by atoms with Gasteiger partial charge in [-0.1, -0.05) is 48.0 Å². The molecule has 0 aliphatic carbocycles. The topological polar surface area (TPSA) is 51.1 Å². The van der Waals surface area contributed by atoms with Gasteiger partial charge in [0, 0.05) is 18.2 Å². The standard InChI is InChI=1S/C24H20ClF3N2O3/c1-32-20-9-8-15(10-21(20)33-2)19-12-18(22(31)14-6-4-3-5-7-14)29-23-17(25)11-16(13-30(19)23)24(26,27)28/h3-11,13,18-19H,12H2,1-2H3. The van der Waals surface area contributed by atoms with Gasteiger partial charge in [0.1, 0.15) is 11.9 Å². The molecule has 2 aliphatic rings. The molecule has 2 aromatic carbocycles. The Morgan fingerprint density at radius 2 is 1.79 bits per heavy atom. The van der Waals surface area contributed by atoms with E-state index in [0.717, 1.165) is 12.3 Å². The Morgan fingerprint density at radius 1 is 1.09 bits per heavy atom. The lowest BCUT2D eigenvalue weighted by atomic mass is 9.90. The molecule has 0 saturated heterocycles. The number of carbonyl (C=O) groups excluding carboxylic acids is 1. The molecule has 0 bridgehead atoms. The minimum atomic E-state index is -4.59. The van der Waals surface area contributed by atoms with E-state index in [1.54, 1.807) is 48.5 Å². The van der Waals surface area contributed by atoms with E-state index < -0.39 is 23.8 Å². The molecule has 2 heterocycles. The van der Waals surface area contributed by atoms with Crippen molar-refractivity contribution in [3.63, 3.8) is 0 Å². The van der Waals surface area contributed by atoms with Crippen LogP contribution in [-0.4, -0.2) is 43.0 Å². The molecule has 2 atom stereocenters. The van der Waals surface area contributed by atoms with Crippen molar-refractivity contribution < 1.29 is 27.4 Å². The molecule has 0 radical (unpaired) electrons. The molecular weight excluding hydrogens is 457 g/mol. The number of fused-ring (bicyclic) bond motifs is 1. The van der Waals surface area contributed by atoms with Crippen LogP contribution in [0.4, 0.5) is 13.2 Å². The van der Waals surface area contributed by atoms with Crippen LogP contribution in [-0.2, 0) is 0 Å². The molecular formula is C24H20ClF3N2O3. The van der Waals surface area contributed by atoms with Crippen LogP contribution in [0, 0.1) is 0 Å². The molecule has 5 nitrogen and oxygen atoms in total. The van der Waals surface area contributed by atoms with E-state index in [-0.39, 0.29) is 23.1 Å². The second kappa shape index (κ2) is 8.94. The number of methoxy groups -OCH3 is 2. The molecule has 0 aromatic heterocycles. The molecule has 172 valence electrons. The van der Waals surface area contributed by atoms with Gasteiger partial charge < -0.3 is 14.4 Å². The van der Waals surface area contributed by atoms with Gasteiger partial charge in [-0.2, -0.15) is 13.2 Å². The predicted octanol–water partition coefficient (Wildman–Crippen LogP) is 5.68. The molecule has 9 heteroatoms. The number of ether oxygens (including phenoxy) is 2. The Hall–Kier alpha value is -3.26. The number of allylic oxidation sites excluding steroid dienone is 2. The second-order valence-corrected chi connectivity index (χ2v) is 7.95. The van der Waals surface area contributed by atoms with Gasteiger partial charge in [-0.3, -0.25) is 9.79 Å². The van der Waals surface area contributed by atoms with E-state index in [1.165, 1.54) is 19.1 Å². The lowest BCUT2D eigenvalue weighted by molar-refractivity contribution is -0.0893. The Labute approximate surface area is 193 Å². The molecule has 33 heavy (non-hydrogen) atoms. The highest BCUT2D eigenvalue weighted by Gasteiger charge is 2.41. The normalized spacial score (nSPS) is 20.3. The van der Waals surface area contributed by atoms with Crippen LogP contribution in [0.1, 0.15) is 28.4 Å². The van der Waals surface area contributed by atoms with Gasteiger partial charge in [0.15, 0.2) is 17.3 Å². The summed E-state index contributed by atoms with van der Waals surface area (Å²) in [5.41, 5.74) is 0.202. The maximum absolute atomic E-state index is 13.5. The van der Waals surface area contributed by atoms with Gasteiger partial charge in [0.25, 0.3) is 0 Å². The fourth-order valence-corrected chi connectivity index (χ4v) is 4.20. The number of carbonyl (C=O) groups is 1. The summed E-state index contributed by atoms with van der Waals surface area (Å²) in [6.45, 7) is 0. The van der Waals surface area contributed by atoms with E-state index in [2.05, 4.69) is 4.99 Å². The minimum absolute atomic E-state index is 0.116. The molecule has 4 rings (SSSR count). The zero-order chi connectivity index (χ0) is 23.8. The summed E-state index contributed by atoms with van der Waals surface area (Å²) in [7, 11) is 2.96. The molecule has 0 N–H and O–H groups in total. The molecule has 2 unspecified atom stereocenters. The summed E-state index contributed by atoms with van der Waals surface area (Å²) in [6.07, 6.45) is -2.63. The number of rotatable bonds is 5. The molecule has 0 spiro atoms. The summed E-state index contributed by atoms with van der Waals surface area (Å²) in [4.78, 5) is 19.0. The smallest absolute Gasteiger partial charge is 0.417 e. The zero-order valence-corrected chi connectivity index (χ0v) is 18.5. The van der Waals surface area contributed by atoms with Gasteiger partial charge in [0.2, 0.25) is 0 Å². The Balaban J connectivity index is 1.82. The molecule has 0 fully saturated rings. The first-order valence-electron chi connectivity index (χ1n) is 10.1. The van der Waals surface area contributed by atoms with E-state index in [4.69, 9.17) is 21.1 Å². The maximum Gasteiger partial charge on any atom is 0.417 e. The van der Waals surface area contributed by atoms with Gasteiger partial charge in [-0.15, -0.1) is 0 Å². The van der Waals surface area contributed by atoms with E-state index in [0.29, 0.717) is 22.6 Å². The molecule has 2 aliphatic heterocycles. The van der Waals surface area contributed by atoms with Crippen molar-refractivity contribution in [3.05, 3.63) is 82.5 Å². The van der Waals surface area contributed by atoms with Crippen molar-refractivity contribution in [3.8, 4) is 11.5 Å². The summed E-state index contributed by atoms with van der Waals surface area (Å²) < 4.78 is 51.2. The number of hydrogen-bond donors (Lipinski definition) is 0. The Morgan fingerprint density at radius 3 is 2.42 bits per heavy atom. The van der Waals surface area contributed by atoms with Gasteiger partial charge in [-0.05, 0) is 23.8 Å². The Bertz CT molecular complexity index is 1160. The largest absolute Gasteiger partial charge is 0.493 e. The first kappa shape index (κ1) is 22.9. The van der Waals surface area contributed by atoms with Crippen LogP contribution in [0.15, 0.2) is 76.4 Å². The predicted molar refractivity (Wildman–Crippen MR) is 119 cm³/mol. The van der Waals surface area contributed by atoms with Crippen LogP contribution in [0.5, 0.6) is 11.5 Å². The highest BCUT2D eigenvalue weighted by Crippen LogP contribution is 2.42. The third kappa shape index (κ3) is 4.48. The number of Topliss-reactive ketones (excluding diaryl/α,β-unsaturated/α-hetero) is 1. The van der Waals surface area contributed by atoms with Crippen molar-refractivity contribution in [2.75, 3.05) is 14.2 Å². The fraction of sp³-hybridized carbons (Fsp3) is 0.250. The lowest BCUT2D eigenvalue weighted by Crippen LogP contribution is -2.42. The SMILES string of the molecule is COc1ccc(C2CC(C(=O)c3ccccc3)N=C3C(Cl)=CC(C(F)(F)F)=CN32)cc1OC. The van der Waals surface area contributed by atoms with Crippen LogP contribution < -0.4 is 9.47 Å². The first-order chi connectivity index (χ1) is 15.7. The summed E-state index contributed by atoms with van der Waals surface area (Å²) in [6, 6.07) is 12.3. The van der Waals surface area contributed by atoms with Crippen LogP contribution >= 0.6 is 11.6 Å². The van der Waals surface area contributed by atoms with Crippen molar-refractivity contribution in [1.29, 1.82) is 0 Å². The van der Waals surface area contributed by atoms with E-state index >= 15 is 0 Å². The van der Waals surface area contributed by atoms with Crippen LogP contribution in [0.2, 0.25) is 0 Å². The number of hydrogen-bond acceptors (Lipinski definition) is 5. The van der Waals surface area contributed by atoms with E-state index in [1.807, 2.05) is 0 Å². The molecule has 2 aromatic rings. The van der Waals surface area contributed by atoms with Crippen molar-refractivity contribution in [2.24, 2.45) is 4.99 Å². The first-order valence-corrected chi connectivity index (χ1v) is 10.4. The monoisotopic (exact) mass is 476 g/mol. The number of amidine groups is 1. The number of aliphatic imine (C=N–C) groups is 1. The third-order valence-corrected chi connectivity index (χ3v) is 5.84. The number of halogens is 4. The number of benzene rings is 2. The number of alkyl halides is 3. The van der Waals surface area contributed by atoms with Crippen molar-refractivity contribution in [1.82, 2.24) is 4.90 Å². The van der Waals surface area contributed by atoms with Crippen molar-refractivity contribution >= 4 is 23.2 Å². The third-order valence-electron chi connectivity index (χ3n) is 5.56. The summed E-state index contributed by atoms with van der Waals surface area (Å²) in [5.74, 6) is 0.780. The zero-order valence-electron chi connectivity index (χ0n) is 17.8. The molecule has 0 saturated carbocycles. The average molecular weight is 477 g/mol. The Kier molecular flexibility index (Phi) is 6.21. The van der Waals surface area contributed by atoms with Gasteiger partial charge in [0.05, 0.1) is 30.9 Å². The maximum atomic E-state index is 13.5. The fourth-order valence-electron chi connectivity index (χ4n) is 3.94. The summed E-state index contributed by atoms with van der Waals surface area (Å²) >= 11 is 6.26. The number of nitrogens with zero attached hydrogens (tertiary/aromatic N) is 2. The van der Waals surface area contributed by atoms with Crippen LogP contribution in [0.25, 0.3) is 0 Å². The van der Waals surface area contributed by atoms with Gasteiger partial charge in [-0.25, -0.2) is 0 Å². The lowest BCUT2D eigenvalue weighted by Gasteiger charge is -2.40. The highest BCUT2D eigenvalue weighted by molar-refractivity contribution is 6.43. The number of ketones is 1. The van der Waals surface area contributed by atoms with Crippen molar-refractivity contribution in [2.45, 2.75) is 24.7 Å². The highest BCUT2D eigenvalue weighted by atomic mass is 35.5. The minimum Gasteiger partial charge on any atom is -0.493 e. The van der Waals surface area contributed by atoms with E-state index in [9.17, 15) is 18.0 Å². The second-order valence-electron chi connectivity index (χ2n) is 7.55. The molecule has 0 amide bonds. The summed E-state index contributed by atoms with van der Waals surface area (Å²) in [5, 5.41) is -0.180.